The van der Waals surface area contributed by atoms with Gasteiger partial charge in [0.1, 0.15) is 11.8 Å². The zero-order valence-corrected chi connectivity index (χ0v) is 13.6. The molecule has 0 aliphatic rings. The number of benzene rings is 1. The molecule has 0 fully saturated rings. The summed E-state index contributed by atoms with van der Waals surface area (Å²) in [6.45, 7) is 6.20. The van der Waals surface area contributed by atoms with Gasteiger partial charge in [-0.2, -0.15) is 5.26 Å². The van der Waals surface area contributed by atoms with E-state index in [4.69, 9.17) is 11.6 Å². The summed E-state index contributed by atoms with van der Waals surface area (Å²) >= 11 is 5.90. The fourth-order valence-electron chi connectivity index (χ4n) is 2.31. The molecule has 0 aliphatic heterocycles. The minimum absolute atomic E-state index is 0.486. The fourth-order valence-corrected chi connectivity index (χ4v) is 2.39. The van der Waals surface area contributed by atoms with E-state index in [1.54, 1.807) is 0 Å². The van der Waals surface area contributed by atoms with E-state index >= 15 is 0 Å². The van der Waals surface area contributed by atoms with Crippen LogP contribution in [-0.2, 0) is 7.05 Å². The van der Waals surface area contributed by atoms with Crippen LogP contribution in [0.15, 0.2) is 29.8 Å². The smallest absolute Gasteiger partial charge is 0.121 e. The molecule has 1 heterocycles. The highest BCUT2D eigenvalue weighted by Crippen LogP contribution is 2.30. The molecule has 0 saturated carbocycles. The summed E-state index contributed by atoms with van der Waals surface area (Å²) in [5.41, 5.74) is 7.46. The first-order chi connectivity index (χ1) is 9.97. The van der Waals surface area contributed by atoms with Gasteiger partial charge >= 0.3 is 0 Å². The zero-order chi connectivity index (χ0) is 15.6. The summed E-state index contributed by atoms with van der Waals surface area (Å²) in [4.78, 5) is 0. The van der Waals surface area contributed by atoms with Gasteiger partial charge in [0.05, 0.1) is 0 Å². The predicted molar refractivity (Wildman–Crippen MR) is 89.4 cm³/mol. The van der Waals surface area contributed by atoms with Crippen molar-refractivity contribution < 1.29 is 0 Å². The average molecular weight is 299 g/mol. The molecule has 0 saturated heterocycles. The molecule has 1 aromatic carbocycles. The van der Waals surface area contributed by atoms with Crippen molar-refractivity contribution in [3.8, 4) is 17.2 Å². The Morgan fingerprint density at radius 2 is 2.00 bits per heavy atom. The number of rotatable bonds is 3. The van der Waals surface area contributed by atoms with Gasteiger partial charge in [-0.15, -0.1) is 11.6 Å². The maximum Gasteiger partial charge on any atom is 0.121 e. The van der Waals surface area contributed by atoms with E-state index in [2.05, 4.69) is 44.2 Å². The van der Waals surface area contributed by atoms with E-state index in [1.165, 1.54) is 11.1 Å². The van der Waals surface area contributed by atoms with Crippen molar-refractivity contribution in [2.45, 2.75) is 20.8 Å². The molecule has 2 rings (SSSR count). The Bertz CT molecular complexity index is 745. The highest BCUT2D eigenvalue weighted by Gasteiger charge is 2.13. The molecule has 108 valence electrons. The van der Waals surface area contributed by atoms with Crippen LogP contribution in [0.4, 0.5) is 0 Å². The fraction of sp³-hybridized carbons (Fsp3) is 0.278. The molecule has 0 unspecified atom stereocenters. The zero-order valence-electron chi connectivity index (χ0n) is 12.9. The maximum atomic E-state index is 9.28. The number of alkyl halides is 1. The normalized spacial score (nSPS) is 11.5. The van der Waals surface area contributed by atoms with E-state index in [0.29, 0.717) is 11.6 Å². The third-order valence-electron chi connectivity index (χ3n) is 3.81. The molecule has 3 heteroatoms. The molecule has 0 bridgehead atoms. The second-order valence-electron chi connectivity index (χ2n) is 5.42. The lowest BCUT2D eigenvalue weighted by molar-refractivity contribution is 0.896. The number of hydrogen-bond donors (Lipinski definition) is 0. The first-order valence-electron chi connectivity index (χ1n) is 6.88. The third-order valence-corrected chi connectivity index (χ3v) is 4.23. The summed E-state index contributed by atoms with van der Waals surface area (Å²) in [6.07, 6.45) is 2.05. The summed E-state index contributed by atoms with van der Waals surface area (Å²) in [7, 11) is 1.91. The molecule has 0 atom stereocenters. The van der Waals surface area contributed by atoms with Crippen LogP contribution in [0.5, 0.6) is 0 Å². The van der Waals surface area contributed by atoms with Gasteiger partial charge in [0, 0.05) is 24.2 Å². The van der Waals surface area contributed by atoms with E-state index in [0.717, 1.165) is 22.4 Å². The maximum absolute atomic E-state index is 9.28. The molecule has 2 aromatic rings. The first-order valence-corrected chi connectivity index (χ1v) is 7.42. The Hall–Kier alpha value is -1.98. The lowest BCUT2D eigenvalue weighted by Crippen LogP contribution is -1.96. The molecule has 21 heavy (non-hydrogen) atoms. The Morgan fingerprint density at radius 1 is 1.29 bits per heavy atom. The molecule has 1 aromatic heterocycles. The number of aromatic nitrogens is 1. The van der Waals surface area contributed by atoms with Gasteiger partial charge in [0.25, 0.3) is 0 Å². The van der Waals surface area contributed by atoms with Gasteiger partial charge in [-0.25, -0.2) is 0 Å². The number of hydrogen-bond acceptors (Lipinski definition) is 1. The quantitative estimate of drug-likeness (QED) is 0.747. The molecule has 0 radical (unpaired) electrons. The number of nitrogens with zero attached hydrogens (tertiary/aromatic N) is 2. The molecular formula is C18H19ClN2. The van der Waals surface area contributed by atoms with Crippen LogP contribution in [0.25, 0.3) is 17.2 Å². The van der Waals surface area contributed by atoms with Crippen molar-refractivity contribution in [1.29, 1.82) is 5.26 Å². The number of allylic oxidation sites excluding steroid dienone is 1. The van der Waals surface area contributed by atoms with Crippen molar-refractivity contribution in [2.75, 3.05) is 5.88 Å². The highest BCUT2D eigenvalue weighted by molar-refractivity contribution is 6.19. The monoisotopic (exact) mass is 298 g/mol. The van der Waals surface area contributed by atoms with Crippen molar-refractivity contribution in [3.63, 3.8) is 0 Å². The Morgan fingerprint density at radius 3 is 2.57 bits per heavy atom. The molecule has 0 amide bonds. The van der Waals surface area contributed by atoms with Crippen molar-refractivity contribution in [3.05, 3.63) is 52.4 Å². The molecular weight excluding hydrogens is 280 g/mol. The minimum atomic E-state index is 0.486. The summed E-state index contributed by atoms with van der Waals surface area (Å²) < 4.78 is 1.92. The number of halogens is 1. The standard InChI is InChI=1S/C18H19ClN2/c1-12(10-19)7-18-17(9-16(11-20)21(18)4)15-6-5-13(2)14(3)8-15/h5-9H,10H2,1-4H3/b12-7-. The van der Waals surface area contributed by atoms with E-state index < -0.39 is 0 Å². The van der Waals surface area contributed by atoms with Crippen LogP contribution in [-0.4, -0.2) is 10.4 Å². The Balaban J connectivity index is 2.68. The van der Waals surface area contributed by atoms with Gasteiger partial charge in [0.15, 0.2) is 0 Å². The van der Waals surface area contributed by atoms with Gasteiger partial charge in [-0.3, -0.25) is 0 Å². The number of aryl methyl sites for hydroxylation is 2. The Kier molecular flexibility index (Phi) is 4.55. The second-order valence-corrected chi connectivity index (χ2v) is 5.69. The van der Waals surface area contributed by atoms with Crippen LogP contribution in [0, 0.1) is 25.2 Å². The highest BCUT2D eigenvalue weighted by atomic mass is 35.5. The van der Waals surface area contributed by atoms with Crippen LogP contribution in [0.3, 0.4) is 0 Å². The van der Waals surface area contributed by atoms with Crippen molar-refractivity contribution in [2.24, 2.45) is 7.05 Å². The van der Waals surface area contributed by atoms with E-state index in [-0.39, 0.29) is 0 Å². The molecule has 0 aliphatic carbocycles. The summed E-state index contributed by atoms with van der Waals surface area (Å²) in [5, 5.41) is 9.28. The lowest BCUT2D eigenvalue weighted by Gasteiger charge is -2.07. The van der Waals surface area contributed by atoms with Gasteiger partial charge in [0.2, 0.25) is 0 Å². The van der Waals surface area contributed by atoms with E-state index in [9.17, 15) is 5.26 Å². The summed E-state index contributed by atoms with van der Waals surface area (Å²) in [5.74, 6) is 0.486. The Labute approximate surface area is 131 Å². The SMILES string of the molecule is C/C(=C/c1c(-c2ccc(C)c(C)c2)cc(C#N)n1C)CCl. The lowest BCUT2D eigenvalue weighted by atomic mass is 10.00. The first kappa shape index (κ1) is 15.4. The average Bonchev–Trinajstić information content (AvgIpc) is 2.78. The van der Waals surface area contributed by atoms with E-state index in [1.807, 2.05) is 24.6 Å². The second kappa shape index (κ2) is 6.20. The van der Waals surface area contributed by atoms with Crippen LogP contribution in [0.1, 0.15) is 29.4 Å². The van der Waals surface area contributed by atoms with Crippen molar-refractivity contribution in [1.82, 2.24) is 4.57 Å². The van der Waals surface area contributed by atoms with Gasteiger partial charge in [-0.1, -0.05) is 23.8 Å². The van der Waals surface area contributed by atoms with Gasteiger partial charge < -0.3 is 4.57 Å². The molecule has 2 nitrogen and oxygen atoms in total. The van der Waals surface area contributed by atoms with Crippen LogP contribution < -0.4 is 0 Å². The van der Waals surface area contributed by atoms with Crippen molar-refractivity contribution >= 4 is 17.7 Å². The predicted octanol–water partition coefficient (Wildman–Crippen LogP) is 4.82. The van der Waals surface area contributed by atoms with Crippen LogP contribution >= 0.6 is 11.6 Å². The molecule has 0 spiro atoms. The summed E-state index contributed by atoms with van der Waals surface area (Å²) in [6, 6.07) is 10.6. The van der Waals surface area contributed by atoms with Gasteiger partial charge in [-0.05, 0) is 49.6 Å². The van der Waals surface area contributed by atoms with Crippen LogP contribution in [0.2, 0.25) is 0 Å². The minimum Gasteiger partial charge on any atom is -0.335 e. The molecule has 0 N–H and O–H groups in total. The number of nitriles is 1. The topological polar surface area (TPSA) is 28.7 Å². The third kappa shape index (κ3) is 3.04. The largest absolute Gasteiger partial charge is 0.335 e.